The van der Waals surface area contributed by atoms with Gasteiger partial charge in [-0.15, -0.1) is 0 Å². The van der Waals surface area contributed by atoms with Gasteiger partial charge in [0.2, 0.25) is 0 Å². The first-order chi connectivity index (χ1) is 14.1. The molecule has 4 aromatic rings. The van der Waals surface area contributed by atoms with Crippen LogP contribution in [0.1, 0.15) is 12.8 Å². The Morgan fingerprint density at radius 3 is 2.83 bits per heavy atom. The van der Waals surface area contributed by atoms with E-state index in [2.05, 4.69) is 20.4 Å². The Kier molecular flexibility index (Phi) is 4.32. The molecule has 0 unspecified atom stereocenters. The van der Waals surface area contributed by atoms with Crippen molar-refractivity contribution in [2.24, 2.45) is 13.0 Å². The number of benzene rings is 1. The summed E-state index contributed by atoms with van der Waals surface area (Å²) in [5, 5.41) is 9.35. The van der Waals surface area contributed by atoms with Crippen molar-refractivity contribution in [3.05, 3.63) is 47.7 Å². The summed E-state index contributed by atoms with van der Waals surface area (Å²) in [5.41, 5.74) is 9.85. The van der Waals surface area contributed by atoms with Gasteiger partial charge >= 0.3 is 0 Å². The number of nitrogens with zero attached hydrogens (tertiary/aromatic N) is 5. The molecule has 1 fully saturated rings. The third-order valence-corrected chi connectivity index (χ3v) is 5.35. The molecule has 0 aliphatic heterocycles. The van der Waals surface area contributed by atoms with Gasteiger partial charge in [0, 0.05) is 36.9 Å². The number of nitrogens with two attached hydrogens (primary N) is 1. The predicted molar refractivity (Wildman–Crippen MR) is 116 cm³/mol. The molecule has 0 saturated heterocycles. The third-order valence-electron chi connectivity index (χ3n) is 5.07. The lowest BCUT2D eigenvalue weighted by atomic mass is 10.0. The minimum atomic E-state index is 0.364. The fourth-order valence-electron chi connectivity index (χ4n) is 3.35. The zero-order valence-electron chi connectivity index (χ0n) is 15.9. The van der Waals surface area contributed by atoms with Crippen LogP contribution in [0.2, 0.25) is 5.02 Å². The number of halogens is 1. The Morgan fingerprint density at radius 2 is 2.07 bits per heavy atom. The smallest absolute Gasteiger partial charge is 0.169 e. The van der Waals surface area contributed by atoms with Gasteiger partial charge in [0.15, 0.2) is 11.6 Å². The molecule has 1 aliphatic carbocycles. The van der Waals surface area contributed by atoms with E-state index in [-0.39, 0.29) is 0 Å². The van der Waals surface area contributed by atoms with Crippen LogP contribution in [0.5, 0.6) is 0 Å². The highest BCUT2D eigenvalue weighted by Gasteiger charge is 2.23. The van der Waals surface area contributed by atoms with Crippen LogP contribution < -0.4 is 11.1 Å². The van der Waals surface area contributed by atoms with Crippen LogP contribution in [0.25, 0.3) is 33.5 Å². The second kappa shape index (κ2) is 7.00. The molecular formula is C21H20ClN7. The number of aryl methyl sites for hydroxylation is 1. The largest absolute Gasteiger partial charge is 0.381 e. The molecule has 0 atom stereocenters. The summed E-state index contributed by atoms with van der Waals surface area (Å²) in [6.07, 6.45) is 6.09. The van der Waals surface area contributed by atoms with Crippen molar-refractivity contribution in [3.63, 3.8) is 0 Å². The van der Waals surface area contributed by atoms with Gasteiger partial charge in [0.05, 0.1) is 10.5 Å². The van der Waals surface area contributed by atoms with E-state index in [1.54, 1.807) is 10.9 Å². The highest BCUT2D eigenvalue weighted by Crippen LogP contribution is 2.36. The maximum absolute atomic E-state index is 6.53. The zero-order valence-corrected chi connectivity index (χ0v) is 16.7. The Hall–Kier alpha value is -3.19. The van der Waals surface area contributed by atoms with Crippen LogP contribution in [-0.2, 0) is 7.05 Å². The standard InChI is InChI=1S/C21H20ClN7/c1-29-8-6-16(28-29)19-18(27-21(20(23)26-19)25-11-12-4-5-12)14-9-13-3-2-7-24-17(13)15(22)10-14/h2-3,6-10,12H,4-5,11H2,1H3,(H2,23,26)(H,25,27). The maximum atomic E-state index is 6.53. The summed E-state index contributed by atoms with van der Waals surface area (Å²) in [4.78, 5) is 13.9. The second-order valence-electron chi connectivity index (χ2n) is 7.39. The molecule has 0 spiro atoms. The number of pyridine rings is 1. The Labute approximate surface area is 173 Å². The average Bonchev–Trinajstić information content (AvgIpc) is 3.45. The van der Waals surface area contributed by atoms with Crippen LogP contribution in [-0.4, -0.2) is 31.3 Å². The summed E-state index contributed by atoms with van der Waals surface area (Å²) in [6.45, 7) is 0.851. The number of aromatic nitrogens is 5. The van der Waals surface area contributed by atoms with E-state index in [0.717, 1.165) is 23.0 Å². The van der Waals surface area contributed by atoms with Gasteiger partial charge in [-0.1, -0.05) is 17.7 Å². The highest BCUT2D eigenvalue weighted by atomic mass is 35.5. The summed E-state index contributed by atoms with van der Waals surface area (Å²) >= 11 is 6.53. The van der Waals surface area contributed by atoms with Crippen LogP contribution >= 0.6 is 11.6 Å². The number of hydrogen-bond donors (Lipinski definition) is 2. The zero-order chi connectivity index (χ0) is 20.0. The first-order valence-corrected chi connectivity index (χ1v) is 9.92. The number of fused-ring (bicyclic) bond motifs is 1. The highest BCUT2D eigenvalue weighted by molar-refractivity contribution is 6.35. The fraction of sp³-hybridized carbons (Fsp3) is 0.238. The second-order valence-corrected chi connectivity index (χ2v) is 7.79. The fourth-order valence-corrected chi connectivity index (χ4v) is 3.62. The molecule has 3 aromatic heterocycles. The molecule has 0 radical (unpaired) electrons. The van der Waals surface area contributed by atoms with Crippen molar-refractivity contribution in [2.45, 2.75) is 12.8 Å². The molecule has 146 valence electrons. The average molecular weight is 406 g/mol. The molecule has 0 bridgehead atoms. The first-order valence-electron chi connectivity index (χ1n) is 9.54. The van der Waals surface area contributed by atoms with Gasteiger partial charge in [0.1, 0.15) is 17.1 Å². The summed E-state index contributed by atoms with van der Waals surface area (Å²) in [6, 6.07) is 9.66. The van der Waals surface area contributed by atoms with Crippen molar-refractivity contribution in [1.29, 1.82) is 0 Å². The van der Waals surface area contributed by atoms with E-state index in [0.29, 0.717) is 39.7 Å². The lowest BCUT2D eigenvalue weighted by Gasteiger charge is -2.14. The van der Waals surface area contributed by atoms with Crippen LogP contribution in [0.15, 0.2) is 42.7 Å². The molecular weight excluding hydrogens is 386 g/mol. The van der Waals surface area contributed by atoms with Crippen molar-refractivity contribution in [2.75, 3.05) is 17.6 Å². The molecule has 5 rings (SSSR count). The first kappa shape index (κ1) is 17.9. The number of anilines is 2. The third kappa shape index (κ3) is 3.49. The molecule has 3 heterocycles. The minimum Gasteiger partial charge on any atom is -0.381 e. The van der Waals surface area contributed by atoms with Crippen molar-refractivity contribution in [1.82, 2.24) is 24.7 Å². The molecule has 8 heteroatoms. The van der Waals surface area contributed by atoms with Crippen molar-refractivity contribution < 1.29 is 0 Å². The quantitative estimate of drug-likeness (QED) is 0.518. The minimum absolute atomic E-state index is 0.364. The van der Waals surface area contributed by atoms with Crippen LogP contribution in [0.4, 0.5) is 11.6 Å². The molecule has 29 heavy (non-hydrogen) atoms. The lowest BCUT2D eigenvalue weighted by Crippen LogP contribution is -2.10. The van der Waals surface area contributed by atoms with Gasteiger partial charge in [-0.2, -0.15) is 5.10 Å². The van der Waals surface area contributed by atoms with Gasteiger partial charge in [-0.05, 0) is 43.0 Å². The molecule has 1 saturated carbocycles. The van der Waals surface area contributed by atoms with E-state index < -0.39 is 0 Å². The van der Waals surface area contributed by atoms with Crippen LogP contribution in [0, 0.1) is 5.92 Å². The van der Waals surface area contributed by atoms with Gasteiger partial charge in [-0.3, -0.25) is 9.67 Å². The summed E-state index contributed by atoms with van der Waals surface area (Å²) in [5.74, 6) is 1.65. The van der Waals surface area contributed by atoms with E-state index in [9.17, 15) is 0 Å². The topological polar surface area (TPSA) is 94.5 Å². The molecule has 1 aromatic carbocycles. The number of nitrogens with one attached hydrogen (secondary N) is 1. The van der Waals surface area contributed by atoms with Gasteiger partial charge in [-0.25, -0.2) is 9.97 Å². The Morgan fingerprint density at radius 1 is 1.21 bits per heavy atom. The maximum Gasteiger partial charge on any atom is 0.169 e. The molecule has 1 aliphatic rings. The Bertz CT molecular complexity index is 1210. The van der Waals surface area contributed by atoms with E-state index >= 15 is 0 Å². The van der Waals surface area contributed by atoms with E-state index in [1.807, 2.05) is 43.6 Å². The Balaban J connectivity index is 1.69. The number of nitrogen functional groups attached to an aromatic ring is 1. The van der Waals surface area contributed by atoms with Crippen LogP contribution in [0.3, 0.4) is 0 Å². The summed E-state index contributed by atoms with van der Waals surface area (Å²) < 4.78 is 1.73. The predicted octanol–water partition coefficient (Wildman–Crippen LogP) is 4.15. The van der Waals surface area contributed by atoms with E-state index in [4.69, 9.17) is 22.3 Å². The monoisotopic (exact) mass is 405 g/mol. The SMILES string of the molecule is Cn1ccc(-c2nc(N)c(NCC3CC3)nc2-c2cc(Cl)c3ncccc3c2)n1. The lowest BCUT2D eigenvalue weighted by molar-refractivity contribution is 0.770. The van der Waals surface area contributed by atoms with Crippen molar-refractivity contribution in [3.8, 4) is 22.6 Å². The van der Waals surface area contributed by atoms with Gasteiger partial charge in [0.25, 0.3) is 0 Å². The van der Waals surface area contributed by atoms with Crippen molar-refractivity contribution >= 4 is 34.1 Å². The molecule has 7 nitrogen and oxygen atoms in total. The number of hydrogen-bond acceptors (Lipinski definition) is 6. The normalized spacial score (nSPS) is 13.7. The molecule has 3 N–H and O–H groups in total. The number of rotatable bonds is 5. The van der Waals surface area contributed by atoms with Gasteiger partial charge < -0.3 is 11.1 Å². The molecule has 0 amide bonds. The summed E-state index contributed by atoms with van der Waals surface area (Å²) in [7, 11) is 1.87. The van der Waals surface area contributed by atoms with E-state index in [1.165, 1.54) is 12.8 Å².